The summed E-state index contributed by atoms with van der Waals surface area (Å²) in [6.07, 6.45) is 2.30. The third-order valence-corrected chi connectivity index (χ3v) is 4.11. The normalized spacial score (nSPS) is 18.1. The highest BCUT2D eigenvalue weighted by molar-refractivity contribution is 5.83. The molecule has 2 N–H and O–H groups in total. The fraction of sp³-hybridized carbons (Fsp3) is 0.625. The molecule has 1 aromatic rings. The van der Waals surface area contributed by atoms with E-state index in [0.29, 0.717) is 25.3 Å². The van der Waals surface area contributed by atoms with Crippen molar-refractivity contribution in [3.63, 3.8) is 0 Å². The number of aromatic nitrogens is 1. The van der Waals surface area contributed by atoms with Crippen LogP contribution in [0.5, 0.6) is 5.75 Å². The zero-order chi connectivity index (χ0) is 17.0. The second-order valence-corrected chi connectivity index (χ2v) is 6.38. The number of anilines is 1. The van der Waals surface area contributed by atoms with Gasteiger partial charge in [0, 0.05) is 33.3 Å². The molecule has 2 heterocycles. The van der Waals surface area contributed by atoms with Crippen molar-refractivity contribution in [3.8, 4) is 5.75 Å². The molecule has 0 radical (unpaired) electrons. The van der Waals surface area contributed by atoms with Crippen molar-refractivity contribution in [2.24, 2.45) is 5.41 Å². The van der Waals surface area contributed by atoms with Crippen LogP contribution in [0.15, 0.2) is 18.3 Å². The van der Waals surface area contributed by atoms with Crippen molar-refractivity contribution in [3.05, 3.63) is 18.3 Å². The van der Waals surface area contributed by atoms with Crippen molar-refractivity contribution >= 4 is 11.7 Å². The molecule has 0 saturated carbocycles. The van der Waals surface area contributed by atoms with Crippen molar-refractivity contribution < 1.29 is 19.7 Å². The highest BCUT2D eigenvalue weighted by atomic mass is 16.5. The number of ether oxygens (including phenoxy) is 1. The molecule has 0 spiro atoms. The predicted octanol–water partition coefficient (Wildman–Crippen LogP) is 0.118. The topological polar surface area (TPSA) is 86.1 Å². The van der Waals surface area contributed by atoms with E-state index in [9.17, 15) is 15.0 Å². The van der Waals surface area contributed by atoms with E-state index in [4.69, 9.17) is 4.74 Å². The molecule has 7 heteroatoms. The minimum absolute atomic E-state index is 0.122. The number of nitrogens with zero attached hydrogens (tertiary/aromatic N) is 3. The summed E-state index contributed by atoms with van der Waals surface area (Å²) in [4.78, 5) is 20.2. The Labute approximate surface area is 136 Å². The molecular formula is C16H25N3O4. The Kier molecular flexibility index (Phi) is 5.43. The van der Waals surface area contributed by atoms with E-state index in [1.54, 1.807) is 18.0 Å². The average molecular weight is 323 g/mol. The molecule has 1 saturated heterocycles. The monoisotopic (exact) mass is 323 g/mol. The van der Waals surface area contributed by atoms with Crippen LogP contribution in [0.2, 0.25) is 0 Å². The number of amides is 1. The van der Waals surface area contributed by atoms with Crippen LogP contribution in [-0.4, -0.2) is 72.5 Å². The molecule has 0 aliphatic carbocycles. The maximum absolute atomic E-state index is 12.4. The molecule has 1 aliphatic rings. The molecule has 7 nitrogen and oxygen atoms in total. The molecule has 0 bridgehead atoms. The quantitative estimate of drug-likeness (QED) is 0.773. The van der Waals surface area contributed by atoms with Gasteiger partial charge >= 0.3 is 0 Å². The predicted molar refractivity (Wildman–Crippen MR) is 86.5 cm³/mol. The molecule has 23 heavy (non-hydrogen) atoms. The van der Waals surface area contributed by atoms with Gasteiger partial charge in [-0.2, -0.15) is 0 Å². The summed E-state index contributed by atoms with van der Waals surface area (Å²) in [5.41, 5.74) is -1.14. The van der Waals surface area contributed by atoms with E-state index in [-0.39, 0.29) is 25.2 Å². The largest absolute Gasteiger partial charge is 0.485 e. The van der Waals surface area contributed by atoms with E-state index in [0.717, 1.165) is 5.82 Å². The lowest BCUT2D eigenvalue weighted by Crippen LogP contribution is -2.46. The van der Waals surface area contributed by atoms with E-state index in [2.05, 4.69) is 4.98 Å². The van der Waals surface area contributed by atoms with Gasteiger partial charge in [-0.3, -0.25) is 4.79 Å². The van der Waals surface area contributed by atoms with Crippen LogP contribution in [0.4, 0.5) is 5.82 Å². The zero-order valence-electron chi connectivity index (χ0n) is 13.9. The summed E-state index contributed by atoms with van der Waals surface area (Å²) in [5.74, 6) is 1.18. The van der Waals surface area contributed by atoms with Crippen molar-refractivity contribution in [2.45, 2.75) is 19.4 Å². The van der Waals surface area contributed by atoms with Crippen LogP contribution in [-0.2, 0) is 4.79 Å². The Balaban J connectivity index is 2.03. The zero-order valence-corrected chi connectivity index (χ0v) is 13.9. The van der Waals surface area contributed by atoms with Crippen LogP contribution in [0.1, 0.15) is 13.3 Å². The second kappa shape index (κ2) is 7.14. The van der Waals surface area contributed by atoms with Gasteiger partial charge in [0.1, 0.15) is 6.10 Å². The number of aliphatic hydroxyl groups is 2. The van der Waals surface area contributed by atoms with Gasteiger partial charge in [0.2, 0.25) is 5.91 Å². The van der Waals surface area contributed by atoms with E-state index >= 15 is 0 Å². The first-order valence-electron chi connectivity index (χ1n) is 7.71. The molecule has 1 aliphatic heterocycles. The number of rotatable bonds is 6. The molecular weight excluding hydrogens is 298 g/mol. The van der Waals surface area contributed by atoms with Crippen LogP contribution in [0.25, 0.3) is 0 Å². The summed E-state index contributed by atoms with van der Waals surface area (Å²) in [6.45, 7) is 1.80. The molecule has 0 unspecified atom stereocenters. The summed E-state index contributed by atoms with van der Waals surface area (Å²) >= 11 is 0. The third kappa shape index (κ3) is 3.73. The van der Waals surface area contributed by atoms with Crippen LogP contribution in [0, 0.1) is 5.41 Å². The summed E-state index contributed by atoms with van der Waals surface area (Å²) in [7, 11) is 3.79. The number of hydrogen-bond donors (Lipinski definition) is 2. The van der Waals surface area contributed by atoms with Crippen LogP contribution in [0.3, 0.4) is 0 Å². The number of carbonyl (C=O) groups is 1. The molecule has 0 aromatic carbocycles. The highest BCUT2D eigenvalue weighted by Gasteiger charge is 2.39. The first-order valence-corrected chi connectivity index (χ1v) is 7.71. The summed E-state index contributed by atoms with van der Waals surface area (Å²) in [6, 6.07) is 3.67. The lowest BCUT2D eigenvalue weighted by Gasteiger charge is -2.29. The molecule has 2 rings (SSSR count). The number of aliphatic hydroxyl groups excluding tert-OH is 2. The molecule has 1 fully saturated rings. The van der Waals surface area contributed by atoms with Gasteiger partial charge in [0.25, 0.3) is 0 Å². The number of likely N-dealkylation sites (tertiary alicyclic amines) is 1. The van der Waals surface area contributed by atoms with Gasteiger partial charge in [-0.25, -0.2) is 4.98 Å². The molecule has 1 amide bonds. The Morgan fingerprint density at radius 1 is 1.48 bits per heavy atom. The Bertz CT molecular complexity index is 546. The number of carbonyl (C=O) groups excluding carboxylic acids is 1. The lowest BCUT2D eigenvalue weighted by atomic mass is 9.91. The molecule has 1 atom stereocenters. The SMILES string of the molecule is CN(C)c1ncccc1O[C@H]1CCN(C(=O)C(C)(CO)CO)C1. The highest BCUT2D eigenvalue weighted by Crippen LogP contribution is 2.28. The van der Waals surface area contributed by atoms with Gasteiger partial charge in [-0.1, -0.05) is 0 Å². The summed E-state index contributed by atoms with van der Waals surface area (Å²) < 4.78 is 6.01. The maximum atomic E-state index is 12.4. The van der Waals surface area contributed by atoms with Crippen LogP contribution >= 0.6 is 0 Å². The Hall–Kier alpha value is -1.86. The fourth-order valence-corrected chi connectivity index (χ4v) is 2.57. The second-order valence-electron chi connectivity index (χ2n) is 6.38. The Morgan fingerprint density at radius 2 is 2.17 bits per heavy atom. The van der Waals surface area contributed by atoms with E-state index < -0.39 is 5.41 Å². The van der Waals surface area contributed by atoms with Crippen molar-refractivity contribution in [1.82, 2.24) is 9.88 Å². The van der Waals surface area contributed by atoms with Gasteiger partial charge in [0.15, 0.2) is 11.6 Å². The van der Waals surface area contributed by atoms with Gasteiger partial charge in [-0.05, 0) is 19.1 Å². The smallest absolute Gasteiger partial charge is 0.233 e. The maximum Gasteiger partial charge on any atom is 0.233 e. The van der Waals surface area contributed by atoms with Crippen molar-refractivity contribution in [2.75, 3.05) is 45.3 Å². The van der Waals surface area contributed by atoms with Crippen LogP contribution < -0.4 is 9.64 Å². The fourth-order valence-electron chi connectivity index (χ4n) is 2.57. The van der Waals surface area contributed by atoms with E-state index in [1.807, 2.05) is 31.1 Å². The van der Waals surface area contributed by atoms with Gasteiger partial charge in [0.05, 0.1) is 25.2 Å². The first-order chi connectivity index (χ1) is 10.9. The standard InChI is InChI=1S/C16H25N3O4/c1-16(10-20,11-21)15(22)19-8-6-12(9-19)23-13-5-4-7-17-14(13)18(2)3/h4-5,7,12,20-21H,6,8-11H2,1-3H3/t12-/m0/s1. The molecule has 1 aromatic heterocycles. The Morgan fingerprint density at radius 3 is 2.78 bits per heavy atom. The van der Waals surface area contributed by atoms with Gasteiger partial charge in [-0.15, -0.1) is 0 Å². The lowest BCUT2D eigenvalue weighted by molar-refractivity contribution is -0.145. The van der Waals surface area contributed by atoms with E-state index in [1.165, 1.54) is 0 Å². The number of hydrogen-bond acceptors (Lipinski definition) is 6. The average Bonchev–Trinajstić information content (AvgIpc) is 3.02. The number of pyridine rings is 1. The third-order valence-electron chi connectivity index (χ3n) is 4.11. The summed E-state index contributed by atoms with van der Waals surface area (Å²) in [5, 5.41) is 18.7. The molecule has 128 valence electrons. The first kappa shape index (κ1) is 17.5. The minimum atomic E-state index is -1.14. The van der Waals surface area contributed by atoms with Gasteiger partial charge < -0.3 is 24.7 Å². The van der Waals surface area contributed by atoms with Crippen molar-refractivity contribution in [1.29, 1.82) is 0 Å². The minimum Gasteiger partial charge on any atom is -0.485 e.